The number of hydrogen-bond donors (Lipinski definition) is 2. The van der Waals surface area contributed by atoms with Crippen molar-refractivity contribution in [2.45, 2.75) is 43.2 Å². The van der Waals surface area contributed by atoms with Gasteiger partial charge in [-0.05, 0) is 62.1 Å². The second kappa shape index (κ2) is 10.4. The molecule has 0 spiro atoms. The van der Waals surface area contributed by atoms with Gasteiger partial charge in [-0.3, -0.25) is 4.90 Å². The summed E-state index contributed by atoms with van der Waals surface area (Å²) < 4.78 is 37.6. The number of amides is 2. The Morgan fingerprint density at radius 1 is 1.12 bits per heavy atom. The normalized spacial score (nSPS) is 24.4. The van der Waals surface area contributed by atoms with Crippen LogP contribution in [0.4, 0.5) is 19.3 Å². The van der Waals surface area contributed by atoms with Gasteiger partial charge in [0.25, 0.3) is 0 Å². The van der Waals surface area contributed by atoms with Crippen molar-refractivity contribution in [1.29, 1.82) is 0 Å². The highest BCUT2D eigenvalue weighted by atomic mass is 35.5. The van der Waals surface area contributed by atoms with Gasteiger partial charge in [-0.1, -0.05) is 6.07 Å². The quantitative estimate of drug-likeness (QED) is 0.538. The average molecular weight is 494 g/mol. The molecule has 1 saturated heterocycles. The molecule has 1 aliphatic heterocycles. The first-order valence-electron chi connectivity index (χ1n) is 11.5. The van der Waals surface area contributed by atoms with E-state index in [0.29, 0.717) is 17.4 Å². The monoisotopic (exact) mass is 493 g/mol. The van der Waals surface area contributed by atoms with Crippen LogP contribution < -0.4 is 20.1 Å². The molecular weight excluding hydrogens is 464 g/mol. The minimum atomic E-state index is -1.00. The number of hydrogen-bond acceptors (Lipinski definition) is 4. The number of nitrogens with zero attached hydrogens (tertiary/aromatic N) is 1. The number of carbonyl (C=O) groups is 1. The van der Waals surface area contributed by atoms with Crippen LogP contribution in [0.5, 0.6) is 11.5 Å². The molecule has 1 saturated carbocycles. The number of fused-ring (bicyclic) bond motifs is 1. The lowest BCUT2D eigenvalue weighted by atomic mass is 9.65. The Morgan fingerprint density at radius 2 is 1.91 bits per heavy atom. The predicted octanol–water partition coefficient (Wildman–Crippen LogP) is 4.91. The molecule has 34 heavy (non-hydrogen) atoms. The van der Waals surface area contributed by atoms with Crippen LogP contribution in [0.25, 0.3) is 0 Å². The van der Waals surface area contributed by atoms with Gasteiger partial charge < -0.3 is 20.1 Å². The second-order valence-corrected chi connectivity index (χ2v) is 9.29. The first kappa shape index (κ1) is 24.5. The average Bonchev–Trinajstić information content (AvgIpc) is 3.20. The molecule has 0 aromatic heterocycles. The molecule has 9 heteroatoms. The van der Waals surface area contributed by atoms with Gasteiger partial charge in [-0.2, -0.15) is 0 Å². The molecule has 3 atom stereocenters. The summed E-state index contributed by atoms with van der Waals surface area (Å²) in [5, 5.41) is 5.62. The van der Waals surface area contributed by atoms with Gasteiger partial charge in [-0.25, -0.2) is 13.6 Å². The second-order valence-electron chi connectivity index (χ2n) is 8.92. The van der Waals surface area contributed by atoms with Crippen LogP contribution in [0.1, 0.15) is 31.2 Å². The fraction of sp³-hybridized carbons (Fsp3) is 0.480. The van der Waals surface area contributed by atoms with Gasteiger partial charge in [0, 0.05) is 41.7 Å². The summed E-state index contributed by atoms with van der Waals surface area (Å²) >= 11 is 6.11. The van der Waals surface area contributed by atoms with Crippen molar-refractivity contribution < 1.29 is 23.0 Å². The summed E-state index contributed by atoms with van der Waals surface area (Å²) in [6.07, 6.45) is 3.45. The maximum atomic E-state index is 13.5. The van der Waals surface area contributed by atoms with Crippen LogP contribution in [0.3, 0.4) is 0 Å². The van der Waals surface area contributed by atoms with E-state index in [1.165, 1.54) is 11.6 Å². The van der Waals surface area contributed by atoms with Crippen molar-refractivity contribution >= 4 is 23.3 Å². The van der Waals surface area contributed by atoms with E-state index in [1.54, 1.807) is 14.2 Å². The smallest absolute Gasteiger partial charge is 0.319 e. The van der Waals surface area contributed by atoms with Gasteiger partial charge in [0.1, 0.15) is 0 Å². The summed E-state index contributed by atoms with van der Waals surface area (Å²) in [6.45, 7) is 1.70. The lowest BCUT2D eigenvalue weighted by Crippen LogP contribution is -2.53. The SMILES string of the molecule is COc1ccc([C@@]23CC[C@H](NC(=O)Nc4ccc(F)c(F)c4)C[C@H]2N(CCCl)CC3)cc1OC. The minimum absolute atomic E-state index is 0.0560. The first-order valence-corrected chi connectivity index (χ1v) is 12.0. The van der Waals surface area contributed by atoms with Crippen LogP contribution >= 0.6 is 11.6 Å². The van der Waals surface area contributed by atoms with Crippen LogP contribution in [-0.2, 0) is 5.41 Å². The maximum Gasteiger partial charge on any atom is 0.319 e. The number of carbonyl (C=O) groups excluding carboxylic acids is 1. The molecule has 0 bridgehead atoms. The molecule has 1 heterocycles. The van der Waals surface area contributed by atoms with Crippen LogP contribution in [-0.4, -0.2) is 56.2 Å². The molecule has 2 aromatic carbocycles. The molecule has 0 radical (unpaired) electrons. The number of methoxy groups -OCH3 is 2. The summed E-state index contributed by atoms with van der Waals surface area (Å²) in [7, 11) is 3.26. The van der Waals surface area contributed by atoms with Crippen molar-refractivity contribution in [1.82, 2.24) is 10.2 Å². The molecule has 2 aliphatic rings. The zero-order valence-electron chi connectivity index (χ0n) is 19.4. The number of alkyl halides is 1. The summed E-state index contributed by atoms with van der Waals surface area (Å²) in [4.78, 5) is 15.0. The van der Waals surface area contributed by atoms with E-state index < -0.39 is 17.7 Å². The highest BCUT2D eigenvalue weighted by Crippen LogP contribution is 2.50. The van der Waals surface area contributed by atoms with Crippen molar-refractivity contribution in [3.8, 4) is 11.5 Å². The third-order valence-electron chi connectivity index (χ3n) is 7.21. The number of rotatable bonds is 7. The Hall–Kier alpha value is -2.58. The lowest BCUT2D eigenvalue weighted by Gasteiger charge is -2.45. The topological polar surface area (TPSA) is 62.8 Å². The third-order valence-corrected chi connectivity index (χ3v) is 7.38. The number of ether oxygens (including phenoxy) is 2. The van der Waals surface area contributed by atoms with E-state index in [-0.39, 0.29) is 23.2 Å². The third kappa shape index (κ3) is 4.79. The number of benzene rings is 2. The number of nitrogens with one attached hydrogen (secondary N) is 2. The molecule has 6 nitrogen and oxygen atoms in total. The van der Waals surface area contributed by atoms with E-state index >= 15 is 0 Å². The number of likely N-dealkylation sites (tertiary alicyclic amines) is 1. The maximum absolute atomic E-state index is 13.5. The van der Waals surface area contributed by atoms with Crippen molar-refractivity contribution in [2.75, 3.05) is 38.5 Å². The van der Waals surface area contributed by atoms with E-state index in [4.69, 9.17) is 21.1 Å². The number of halogens is 3. The molecule has 2 N–H and O–H groups in total. The van der Waals surface area contributed by atoms with Crippen LogP contribution in [0.15, 0.2) is 36.4 Å². The minimum Gasteiger partial charge on any atom is -0.493 e. The largest absolute Gasteiger partial charge is 0.493 e. The number of urea groups is 1. The Balaban J connectivity index is 1.51. The van der Waals surface area contributed by atoms with Gasteiger partial charge in [-0.15, -0.1) is 11.6 Å². The Morgan fingerprint density at radius 3 is 2.62 bits per heavy atom. The highest BCUT2D eigenvalue weighted by molar-refractivity contribution is 6.18. The molecule has 2 amide bonds. The fourth-order valence-corrected chi connectivity index (χ4v) is 5.78. The molecule has 0 unspecified atom stereocenters. The predicted molar refractivity (Wildman–Crippen MR) is 128 cm³/mol. The summed E-state index contributed by atoms with van der Waals surface area (Å²) in [5.41, 5.74) is 1.34. The Labute approximate surface area is 203 Å². The van der Waals surface area contributed by atoms with Crippen molar-refractivity contribution in [3.05, 3.63) is 53.6 Å². The van der Waals surface area contributed by atoms with Gasteiger partial charge in [0.15, 0.2) is 23.1 Å². The molecule has 4 rings (SSSR count). The Kier molecular flexibility index (Phi) is 7.48. The zero-order valence-corrected chi connectivity index (χ0v) is 20.1. The van der Waals surface area contributed by atoms with Crippen LogP contribution in [0.2, 0.25) is 0 Å². The number of anilines is 1. The van der Waals surface area contributed by atoms with Gasteiger partial charge in [0.2, 0.25) is 0 Å². The van der Waals surface area contributed by atoms with E-state index in [1.807, 2.05) is 6.07 Å². The van der Waals surface area contributed by atoms with E-state index in [0.717, 1.165) is 50.9 Å². The van der Waals surface area contributed by atoms with Gasteiger partial charge in [0.05, 0.1) is 14.2 Å². The van der Waals surface area contributed by atoms with E-state index in [2.05, 4.69) is 27.7 Å². The highest BCUT2D eigenvalue weighted by Gasteiger charge is 2.51. The van der Waals surface area contributed by atoms with Crippen molar-refractivity contribution in [2.24, 2.45) is 0 Å². The van der Waals surface area contributed by atoms with Crippen molar-refractivity contribution in [3.63, 3.8) is 0 Å². The van der Waals surface area contributed by atoms with Crippen LogP contribution in [0, 0.1) is 11.6 Å². The van der Waals surface area contributed by atoms with E-state index in [9.17, 15) is 13.6 Å². The molecule has 2 fully saturated rings. The molecule has 2 aromatic rings. The fourth-order valence-electron chi connectivity index (χ4n) is 5.56. The first-order chi connectivity index (χ1) is 16.4. The molecule has 184 valence electrons. The van der Waals surface area contributed by atoms with Gasteiger partial charge >= 0.3 is 6.03 Å². The molecule has 1 aliphatic carbocycles. The summed E-state index contributed by atoms with van der Waals surface area (Å²) in [5.74, 6) is -0.0231. The zero-order chi connectivity index (χ0) is 24.3. The summed E-state index contributed by atoms with van der Waals surface area (Å²) in [6, 6.07) is 9.14. The standard InChI is InChI=1S/C25H30ClF2N3O3/c1-33-21-6-3-16(13-22(21)34-2)25-8-7-18(15-23(25)31(11-9-25)12-10-26)30-24(32)29-17-4-5-19(27)20(28)14-17/h3-6,13-14,18,23H,7-12,15H2,1-2H3,(H2,29,30,32)/t18-,23+,25-/m0/s1. The Bertz CT molecular complexity index is 1040. The lowest BCUT2D eigenvalue weighted by molar-refractivity contribution is 0.141. The molecular formula is C25H30ClF2N3O3.